The highest BCUT2D eigenvalue weighted by Crippen LogP contribution is 2.35. The molecule has 1 saturated carbocycles. The molecule has 1 aromatic carbocycles. The fourth-order valence-electron chi connectivity index (χ4n) is 3.50. The Morgan fingerprint density at radius 1 is 1.21 bits per heavy atom. The molecule has 1 aromatic rings. The van der Waals surface area contributed by atoms with E-state index in [1.807, 2.05) is 0 Å². The predicted octanol–water partition coefficient (Wildman–Crippen LogP) is 4.53. The molecule has 1 heteroatoms. The summed E-state index contributed by atoms with van der Waals surface area (Å²) in [5, 5.41) is 0. The summed E-state index contributed by atoms with van der Waals surface area (Å²) >= 11 is 0. The lowest BCUT2D eigenvalue weighted by Crippen LogP contribution is -2.45. The summed E-state index contributed by atoms with van der Waals surface area (Å²) in [4.78, 5) is 0. The van der Waals surface area contributed by atoms with Gasteiger partial charge >= 0.3 is 0 Å². The first-order chi connectivity index (χ1) is 9.02. The quantitative estimate of drug-likeness (QED) is 0.844. The standard InChI is InChI=1S/C18H29N/c1-4-5-16-8-10-18(19,11-9-16)13-17-12-14(2)6-7-15(17)3/h6-7,12,16H,4-5,8-11,13,19H2,1-3H3. The second-order valence-corrected chi connectivity index (χ2v) is 6.70. The van der Waals surface area contributed by atoms with E-state index in [9.17, 15) is 0 Å². The van der Waals surface area contributed by atoms with Crippen LogP contribution in [0.4, 0.5) is 0 Å². The number of nitrogens with two attached hydrogens (primary N) is 1. The fourth-order valence-corrected chi connectivity index (χ4v) is 3.50. The van der Waals surface area contributed by atoms with Crippen LogP contribution in [0, 0.1) is 19.8 Å². The molecule has 1 aliphatic carbocycles. The zero-order valence-corrected chi connectivity index (χ0v) is 12.8. The van der Waals surface area contributed by atoms with Crippen LogP contribution in [0.3, 0.4) is 0 Å². The largest absolute Gasteiger partial charge is 0.325 e. The van der Waals surface area contributed by atoms with E-state index in [0.717, 1.165) is 12.3 Å². The molecule has 0 radical (unpaired) electrons. The van der Waals surface area contributed by atoms with Crippen molar-refractivity contribution < 1.29 is 0 Å². The van der Waals surface area contributed by atoms with Crippen molar-refractivity contribution in [1.29, 1.82) is 0 Å². The molecule has 106 valence electrons. The highest BCUT2D eigenvalue weighted by molar-refractivity contribution is 5.32. The van der Waals surface area contributed by atoms with E-state index in [1.54, 1.807) is 0 Å². The molecule has 0 spiro atoms. The topological polar surface area (TPSA) is 26.0 Å². The maximum atomic E-state index is 6.67. The van der Waals surface area contributed by atoms with Crippen molar-refractivity contribution in [2.45, 2.75) is 71.3 Å². The molecule has 0 saturated heterocycles. The summed E-state index contributed by atoms with van der Waals surface area (Å²) in [6, 6.07) is 6.75. The Bertz CT molecular complexity index is 414. The number of hydrogen-bond acceptors (Lipinski definition) is 1. The van der Waals surface area contributed by atoms with Crippen LogP contribution in [0.5, 0.6) is 0 Å². The third-order valence-electron chi connectivity index (χ3n) is 4.85. The summed E-state index contributed by atoms with van der Waals surface area (Å²) in [5.74, 6) is 0.931. The Labute approximate surface area is 118 Å². The minimum absolute atomic E-state index is 0.0444. The maximum Gasteiger partial charge on any atom is 0.0195 e. The number of benzene rings is 1. The van der Waals surface area contributed by atoms with Crippen molar-refractivity contribution >= 4 is 0 Å². The monoisotopic (exact) mass is 259 g/mol. The van der Waals surface area contributed by atoms with Gasteiger partial charge in [-0.3, -0.25) is 0 Å². The Morgan fingerprint density at radius 3 is 2.53 bits per heavy atom. The second-order valence-electron chi connectivity index (χ2n) is 6.70. The number of hydrogen-bond donors (Lipinski definition) is 1. The van der Waals surface area contributed by atoms with E-state index in [1.165, 1.54) is 55.2 Å². The second kappa shape index (κ2) is 6.09. The van der Waals surface area contributed by atoms with Gasteiger partial charge in [0.05, 0.1) is 0 Å². The van der Waals surface area contributed by atoms with Gasteiger partial charge in [-0.1, -0.05) is 43.5 Å². The molecular formula is C18H29N. The summed E-state index contributed by atoms with van der Waals surface area (Å²) in [7, 11) is 0. The van der Waals surface area contributed by atoms with E-state index in [0.29, 0.717) is 0 Å². The SMILES string of the molecule is CCCC1CCC(N)(Cc2cc(C)ccc2C)CC1. The molecule has 0 unspecified atom stereocenters. The molecule has 1 fully saturated rings. The lowest BCUT2D eigenvalue weighted by atomic mass is 9.72. The molecule has 0 amide bonds. The molecule has 0 aromatic heterocycles. The van der Waals surface area contributed by atoms with Crippen LogP contribution in [0.25, 0.3) is 0 Å². The van der Waals surface area contributed by atoms with Crippen LogP contribution in [0.2, 0.25) is 0 Å². The van der Waals surface area contributed by atoms with Gasteiger partial charge in [-0.2, -0.15) is 0 Å². The molecular weight excluding hydrogens is 230 g/mol. The van der Waals surface area contributed by atoms with Crippen LogP contribution in [0.1, 0.15) is 62.1 Å². The smallest absolute Gasteiger partial charge is 0.0195 e. The van der Waals surface area contributed by atoms with Gasteiger partial charge in [-0.15, -0.1) is 0 Å². The minimum atomic E-state index is 0.0444. The Morgan fingerprint density at radius 2 is 1.89 bits per heavy atom. The van der Waals surface area contributed by atoms with Gasteiger partial charge in [0.25, 0.3) is 0 Å². The molecule has 19 heavy (non-hydrogen) atoms. The molecule has 2 rings (SSSR count). The van der Waals surface area contributed by atoms with Crippen LogP contribution >= 0.6 is 0 Å². The normalized spacial score (nSPS) is 27.5. The molecule has 0 atom stereocenters. The first-order valence-corrected chi connectivity index (χ1v) is 7.87. The third kappa shape index (κ3) is 3.82. The first-order valence-electron chi connectivity index (χ1n) is 7.87. The van der Waals surface area contributed by atoms with Crippen LogP contribution in [-0.2, 0) is 6.42 Å². The van der Waals surface area contributed by atoms with Crippen molar-refractivity contribution in [3.05, 3.63) is 34.9 Å². The summed E-state index contributed by atoms with van der Waals surface area (Å²) in [6.07, 6.45) is 8.82. The summed E-state index contributed by atoms with van der Waals surface area (Å²) < 4.78 is 0. The maximum absolute atomic E-state index is 6.67. The average molecular weight is 259 g/mol. The van der Waals surface area contributed by atoms with Crippen molar-refractivity contribution in [1.82, 2.24) is 0 Å². The van der Waals surface area contributed by atoms with E-state index in [-0.39, 0.29) is 5.54 Å². The molecule has 1 aliphatic rings. The Balaban J connectivity index is 2.00. The van der Waals surface area contributed by atoms with E-state index in [2.05, 4.69) is 39.0 Å². The Hall–Kier alpha value is -0.820. The van der Waals surface area contributed by atoms with Gasteiger partial charge in [0.2, 0.25) is 0 Å². The van der Waals surface area contributed by atoms with Gasteiger partial charge in [0.15, 0.2) is 0 Å². The lowest BCUT2D eigenvalue weighted by molar-refractivity contribution is 0.223. The lowest BCUT2D eigenvalue weighted by Gasteiger charge is -2.37. The van der Waals surface area contributed by atoms with Crippen LogP contribution < -0.4 is 5.73 Å². The summed E-state index contributed by atoms with van der Waals surface area (Å²) in [5.41, 5.74) is 10.9. The zero-order chi connectivity index (χ0) is 13.9. The average Bonchev–Trinajstić information content (AvgIpc) is 2.37. The van der Waals surface area contributed by atoms with Gasteiger partial charge < -0.3 is 5.73 Å². The van der Waals surface area contributed by atoms with Gasteiger partial charge in [-0.05, 0) is 63.0 Å². The van der Waals surface area contributed by atoms with E-state index >= 15 is 0 Å². The van der Waals surface area contributed by atoms with Gasteiger partial charge in [0, 0.05) is 5.54 Å². The van der Waals surface area contributed by atoms with Gasteiger partial charge in [0.1, 0.15) is 0 Å². The number of rotatable bonds is 4. The molecule has 0 bridgehead atoms. The highest BCUT2D eigenvalue weighted by Gasteiger charge is 2.31. The predicted molar refractivity (Wildman–Crippen MR) is 83.4 cm³/mol. The highest BCUT2D eigenvalue weighted by atomic mass is 14.7. The molecule has 0 aliphatic heterocycles. The van der Waals surface area contributed by atoms with Crippen LogP contribution in [-0.4, -0.2) is 5.54 Å². The minimum Gasteiger partial charge on any atom is -0.325 e. The van der Waals surface area contributed by atoms with Crippen molar-refractivity contribution in [3.63, 3.8) is 0 Å². The van der Waals surface area contributed by atoms with Gasteiger partial charge in [-0.25, -0.2) is 0 Å². The van der Waals surface area contributed by atoms with E-state index in [4.69, 9.17) is 5.73 Å². The van der Waals surface area contributed by atoms with Crippen molar-refractivity contribution in [2.75, 3.05) is 0 Å². The molecule has 1 nitrogen and oxygen atoms in total. The van der Waals surface area contributed by atoms with Crippen molar-refractivity contribution in [2.24, 2.45) is 11.7 Å². The fraction of sp³-hybridized carbons (Fsp3) is 0.667. The Kier molecular flexibility index (Phi) is 4.67. The molecule has 0 heterocycles. The van der Waals surface area contributed by atoms with Crippen LogP contribution in [0.15, 0.2) is 18.2 Å². The molecule has 2 N–H and O–H groups in total. The van der Waals surface area contributed by atoms with E-state index < -0.39 is 0 Å². The third-order valence-corrected chi connectivity index (χ3v) is 4.85. The van der Waals surface area contributed by atoms with Crippen molar-refractivity contribution in [3.8, 4) is 0 Å². The first kappa shape index (κ1) is 14.6. The summed E-state index contributed by atoms with van der Waals surface area (Å²) in [6.45, 7) is 6.67. The zero-order valence-electron chi connectivity index (χ0n) is 12.8. The number of aryl methyl sites for hydroxylation is 2.